The van der Waals surface area contributed by atoms with Crippen LogP contribution in [0, 0.1) is 5.82 Å². The molecule has 3 aromatic rings. The van der Waals surface area contributed by atoms with Crippen LogP contribution in [0.2, 0.25) is 5.02 Å². The van der Waals surface area contributed by atoms with E-state index in [1.54, 1.807) is 18.2 Å². The van der Waals surface area contributed by atoms with Gasteiger partial charge in [-0.15, -0.1) is 0 Å². The Balaban J connectivity index is 1.56. The van der Waals surface area contributed by atoms with Gasteiger partial charge in [0.2, 0.25) is 5.91 Å². The Labute approximate surface area is 177 Å². The van der Waals surface area contributed by atoms with Gasteiger partial charge in [-0.2, -0.15) is 0 Å². The second-order valence-corrected chi connectivity index (χ2v) is 9.19. The Morgan fingerprint density at radius 3 is 2.70 bits per heavy atom. The number of rotatable bonds is 5. The molecule has 0 saturated heterocycles. The summed E-state index contributed by atoms with van der Waals surface area (Å²) < 4.78 is 45.5. The van der Waals surface area contributed by atoms with Crippen LogP contribution < -0.4 is 10.1 Å². The van der Waals surface area contributed by atoms with Crippen LogP contribution >= 0.6 is 11.6 Å². The van der Waals surface area contributed by atoms with Crippen molar-refractivity contribution in [2.75, 3.05) is 5.32 Å². The van der Waals surface area contributed by atoms with Crippen molar-refractivity contribution in [1.29, 1.82) is 0 Å². The number of halogens is 2. The summed E-state index contributed by atoms with van der Waals surface area (Å²) in [5.41, 5.74) is 0.966. The van der Waals surface area contributed by atoms with E-state index >= 15 is 0 Å². The van der Waals surface area contributed by atoms with Crippen molar-refractivity contribution in [2.45, 2.75) is 23.5 Å². The highest BCUT2D eigenvalue weighted by atomic mass is 35.5. The molecule has 0 fully saturated rings. The summed E-state index contributed by atoms with van der Waals surface area (Å²) in [6.45, 7) is 0. The van der Waals surface area contributed by atoms with E-state index in [1.807, 2.05) is 0 Å². The first-order valence-corrected chi connectivity index (χ1v) is 11.1. The Hall–Kier alpha value is -2.97. The van der Waals surface area contributed by atoms with E-state index in [-0.39, 0.29) is 34.3 Å². The second kappa shape index (κ2) is 8.04. The van der Waals surface area contributed by atoms with Gasteiger partial charge in [-0.05, 0) is 48.4 Å². The summed E-state index contributed by atoms with van der Waals surface area (Å²) >= 11 is 5.87. The number of sulfone groups is 1. The van der Waals surface area contributed by atoms with Crippen molar-refractivity contribution in [2.24, 2.45) is 0 Å². The zero-order valence-electron chi connectivity index (χ0n) is 15.6. The number of nitrogens with zero attached hydrogens (tertiary/aromatic N) is 1. The van der Waals surface area contributed by atoms with Gasteiger partial charge >= 0.3 is 0 Å². The molecule has 0 saturated carbocycles. The van der Waals surface area contributed by atoms with Gasteiger partial charge in [-0.1, -0.05) is 23.7 Å². The second-order valence-electron chi connectivity index (χ2n) is 6.77. The average Bonchev–Trinajstić information content (AvgIpc) is 2.69. The van der Waals surface area contributed by atoms with E-state index in [0.29, 0.717) is 28.6 Å². The van der Waals surface area contributed by atoms with Crippen molar-refractivity contribution in [3.05, 3.63) is 76.7 Å². The summed E-state index contributed by atoms with van der Waals surface area (Å²) in [5.74, 6) is -0.472. The SMILES string of the molecule is O=C1CCc2c(Oc3ccc(CS(=O)(=O)c4cccc(Cl)c4)cc3F)ccnc2N1. The monoisotopic (exact) mass is 446 g/mol. The number of nitrogens with one attached hydrogen (secondary N) is 1. The maximum atomic E-state index is 14.6. The topological polar surface area (TPSA) is 85.4 Å². The molecule has 2 heterocycles. The van der Waals surface area contributed by atoms with Crippen LogP contribution in [-0.4, -0.2) is 19.3 Å². The molecule has 1 amide bonds. The number of ether oxygens (including phenoxy) is 1. The van der Waals surface area contributed by atoms with E-state index in [4.69, 9.17) is 16.3 Å². The third kappa shape index (κ3) is 4.29. The Bertz CT molecular complexity index is 1250. The van der Waals surface area contributed by atoms with E-state index < -0.39 is 15.7 Å². The smallest absolute Gasteiger partial charge is 0.225 e. The molecule has 0 atom stereocenters. The molecule has 0 radical (unpaired) electrons. The summed E-state index contributed by atoms with van der Waals surface area (Å²) in [7, 11) is -3.68. The van der Waals surface area contributed by atoms with Gasteiger partial charge in [0.25, 0.3) is 0 Å². The molecule has 6 nitrogen and oxygen atoms in total. The van der Waals surface area contributed by atoms with Crippen LogP contribution in [0.5, 0.6) is 11.5 Å². The molecule has 2 aromatic carbocycles. The first-order chi connectivity index (χ1) is 14.3. The number of amides is 1. The highest BCUT2D eigenvalue weighted by Crippen LogP contribution is 2.34. The number of pyridine rings is 1. The number of benzene rings is 2. The van der Waals surface area contributed by atoms with Crippen molar-refractivity contribution in [3.8, 4) is 11.5 Å². The van der Waals surface area contributed by atoms with Crippen LogP contribution in [0.3, 0.4) is 0 Å². The van der Waals surface area contributed by atoms with Gasteiger partial charge in [0.05, 0.1) is 10.6 Å². The molecule has 9 heteroatoms. The lowest BCUT2D eigenvalue weighted by Gasteiger charge is -2.19. The average molecular weight is 447 g/mol. The van der Waals surface area contributed by atoms with E-state index in [2.05, 4.69) is 10.3 Å². The first-order valence-electron chi connectivity index (χ1n) is 9.04. The molecule has 1 aliphatic rings. The number of anilines is 1. The summed E-state index contributed by atoms with van der Waals surface area (Å²) in [5, 5.41) is 2.96. The van der Waals surface area contributed by atoms with Gasteiger partial charge in [0, 0.05) is 23.2 Å². The summed E-state index contributed by atoms with van der Waals surface area (Å²) in [6.07, 6.45) is 2.18. The number of hydrogen-bond acceptors (Lipinski definition) is 5. The normalized spacial score (nSPS) is 13.5. The fraction of sp³-hybridized carbons (Fsp3) is 0.143. The maximum Gasteiger partial charge on any atom is 0.225 e. The van der Waals surface area contributed by atoms with Crippen LogP contribution in [0.4, 0.5) is 10.2 Å². The third-order valence-electron chi connectivity index (χ3n) is 4.60. The van der Waals surface area contributed by atoms with Crippen LogP contribution in [0.15, 0.2) is 59.6 Å². The lowest BCUT2D eigenvalue weighted by molar-refractivity contribution is -0.116. The lowest BCUT2D eigenvalue weighted by atomic mass is 10.1. The predicted octanol–water partition coefficient (Wildman–Crippen LogP) is 4.53. The van der Waals surface area contributed by atoms with Gasteiger partial charge in [0.1, 0.15) is 11.6 Å². The summed E-state index contributed by atoms with van der Waals surface area (Å²) in [6, 6.07) is 11.5. The predicted molar refractivity (Wildman–Crippen MR) is 110 cm³/mol. The highest BCUT2D eigenvalue weighted by molar-refractivity contribution is 7.90. The molecule has 1 N–H and O–H groups in total. The standard InChI is InChI=1S/C21H16ClFN2O4S/c22-14-2-1-3-15(11-14)30(27,28)12-13-4-6-19(17(23)10-13)29-18-8-9-24-21-16(18)5-7-20(26)25-21/h1-4,6,8-11H,5,7,12H2,(H,24,25,26). The van der Waals surface area contributed by atoms with Crippen molar-refractivity contribution in [3.63, 3.8) is 0 Å². The molecule has 0 spiro atoms. The van der Waals surface area contributed by atoms with Crippen molar-refractivity contribution >= 4 is 33.2 Å². The van der Waals surface area contributed by atoms with Gasteiger partial charge in [-0.25, -0.2) is 17.8 Å². The lowest BCUT2D eigenvalue weighted by Crippen LogP contribution is -2.20. The van der Waals surface area contributed by atoms with E-state index in [9.17, 15) is 17.6 Å². The van der Waals surface area contributed by atoms with Gasteiger partial charge in [-0.3, -0.25) is 4.79 Å². The molecule has 0 unspecified atom stereocenters. The Kier molecular flexibility index (Phi) is 5.44. The zero-order chi connectivity index (χ0) is 21.3. The Morgan fingerprint density at radius 1 is 1.10 bits per heavy atom. The number of carbonyl (C=O) groups is 1. The first kappa shape index (κ1) is 20.3. The molecule has 0 aliphatic carbocycles. The highest BCUT2D eigenvalue weighted by Gasteiger charge is 2.21. The molecule has 4 rings (SSSR count). The van der Waals surface area contributed by atoms with E-state index in [0.717, 1.165) is 6.07 Å². The maximum absolute atomic E-state index is 14.6. The zero-order valence-corrected chi connectivity index (χ0v) is 17.1. The van der Waals surface area contributed by atoms with Crippen molar-refractivity contribution < 1.29 is 22.3 Å². The largest absolute Gasteiger partial charge is 0.454 e. The quantitative estimate of drug-likeness (QED) is 0.622. The third-order valence-corrected chi connectivity index (χ3v) is 6.52. The number of carbonyl (C=O) groups excluding carboxylic acids is 1. The molecule has 30 heavy (non-hydrogen) atoms. The minimum Gasteiger partial charge on any atom is -0.454 e. The Morgan fingerprint density at radius 2 is 1.93 bits per heavy atom. The summed E-state index contributed by atoms with van der Waals surface area (Å²) in [4.78, 5) is 15.7. The van der Waals surface area contributed by atoms with Gasteiger partial charge < -0.3 is 10.1 Å². The molecule has 1 aliphatic heterocycles. The molecule has 154 valence electrons. The van der Waals surface area contributed by atoms with Crippen LogP contribution in [0.1, 0.15) is 17.5 Å². The minimum atomic E-state index is -3.68. The van der Waals surface area contributed by atoms with Gasteiger partial charge in [0.15, 0.2) is 21.4 Å². The van der Waals surface area contributed by atoms with Crippen LogP contribution in [-0.2, 0) is 26.8 Å². The van der Waals surface area contributed by atoms with Crippen LogP contribution in [0.25, 0.3) is 0 Å². The minimum absolute atomic E-state index is 0.0517. The van der Waals surface area contributed by atoms with Crippen molar-refractivity contribution in [1.82, 2.24) is 4.98 Å². The molecular weight excluding hydrogens is 431 g/mol. The molecular formula is C21H16ClFN2O4S. The molecule has 1 aromatic heterocycles. The fourth-order valence-electron chi connectivity index (χ4n) is 3.15. The van der Waals surface area contributed by atoms with E-state index in [1.165, 1.54) is 30.5 Å². The molecule has 0 bridgehead atoms. The number of aromatic nitrogens is 1. The number of hydrogen-bond donors (Lipinski definition) is 1. The number of fused-ring (bicyclic) bond motifs is 1. The fourth-order valence-corrected chi connectivity index (χ4v) is 4.78.